The molecule has 0 aromatic heterocycles. The first kappa shape index (κ1) is 16.0. The molecule has 3 rings (SSSR count). The lowest BCUT2D eigenvalue weighted by molar-refractivity contribution is -0.142. The summed E-state index contributed by atoms with van der Waals surface area (Å²) in [6.45, 7) is 2.23. The molecule has 2 aliphatic heterocycles. The maximum Gasteiger partial charge on any atom is 0.312 e. The zero-order valence-corrected chi connectivity index (χ0v) is 13.2. The Morgan fingerprint density at radius 3 is 2.79 bits per heavy atom. The molecule has 4 N–H and O–H groups in total. The quantitative estimate of drug-likeness (QED) is 0.676. The van der Waals surface area contributed by atoms with E-state index in [9.17, 15) is 19.2 Å². The number of nitrogens with one attached hydrogen (secondary N) is 2. The number of benzene rings is 1. The lowest BCUT2D eigenvalue weighted by Crippen LogP contribution is -2.61. The summed E-state index contributed by atoms with van der Waals surface area (Å²) in [4.78, 5) is 48.6. The topological polar surface area (TPSA) is 122 Å². The second-order valence-electron chi connectivity index (χ2n) is 6.25. The van der Waals surface area contributed by atoms with Gasteiger partial charge in [0.25, 0.3) is 11.8 Å². The standard InChI is InChI=1S/C16H18N4O4/c1-16(5-4-12(21)19-14(16)23)20-8-10-6-9(7-18-15(17)24)2-3-11(10)13(20)22/h2-3,6H,4-5,7-8H2,1H3,(H3,17,18,24)(H,19,21,23)/t16-/m0/s1. The predicted molar refractivity (Wildman–Crippen MR) is 83.5 cm³/mol. The lowest BCUT2D eigenvalue weighted by atomic mass is 9.89. The molecule has 8 heteroatoms. The van der Waals surface area contributed by atoms with Crippen LogP contribution in [0.25, 0.3) is 0 Å². The molecule has 1 saturated heterocycles. The molecule has 0 bridgehead atoms. The number of carbonyl (C=O) groups excluding carboxylic acids is 4. The predicted octanol–water partition coefficient (Wildman–Crippen LogP) is 0.00600. The van der Waals surface area contributed by atoms with Crippen molar-refractivity contribution in [1.82, 2.24) is 15.5 Å². The van der Waals surface area contributed by atoms with Gasteiger partial charge in [0.2, 0.25) is 5.91 Å². The van der Waals surface area contributed by atoms with Gasteiger partial charge in [-0.3, -0.25) is 19.7 Å². The molecule has 5 amide bonds. The molecule has 1 atom stereocenters. The minimum Gasteiger partial charge on any atom is -0.352 e. The molecule has 8 nitrogen and oxygen atoms in total. The Kier molecular flexibility index (Phi) is 3.75. The lowest BCUT2D eigenvalue weighted by Gasteiger charge is -2.39. The zero-order valence-electron chi connectivity index (χ0n) is 13.2. The molecule has 0 radical (unpaired) electrons. The van der Waals surface area contributed by atoms with Gasteiger partial charge in [-0.05, 0) is 30.5 Å². The first-order valence-corrected chi connectivity index (χ1v) is 7.62. The van der Waals surface area contributed by atoms with E-state index in [1.54, 1.807) is 19.1 Å². The summed E-state index contributed by atoms with van der Waals surface area (Å²) in [6, 6.07) is 4.62. The molecule has 1 aromatic rings. The van der Waals surface area contributed by atoms with Gasteiger partial charge in [-0.25, -0.2) is 4.79 Å². The van der Waals surface area contributed by atoms with Crippen molar-refractivity contribution in [2.24, 2.45) is 5.73 Å². The average molecular weight is 330 g/mol. The minimum atomic E-state index is -1.05. The van der Waals surface area contributed by atoms with Crippen molar-refractivity contribution < 1.29 is 19.2 Å². The Bertz CT molecular complexity index is 760. The van der Waals surface area contributed by atoms with E-state index < -0.39 is 17.5 Å². The molecule has 24 heavy (non-hydrogen) atoms. The number of nitrogens with zero attached hydrogens (tertiary/aromatic N) is 1. The third kappa shape index (κ3) is 2.60. The molecule has 0 aliphatic carbocycles. The molecule has 0 spiro atoms. The molecule has 0 saturated carbocycles. The number of hydrogen-bond donors (Lipinski definition) is 3. The van der Waals surface area contributed by atoms with Crippen LogP contribution < -0.4 is 16.4 Å². The van der Waals surface area contributed by atoms with Crippen molar-refractivity contribution in [3.8, 4) is 0 Å². The third-order valence-electron chi connectivity index (χ3n) is 4.62. The molecular weight excluding hydrogens is 312 g/mol. The van der Waals surface area contributed by atoms with Gasteiger partial charge in [-0.15, -0.1) is 0 Å². The first-order chi connectivity index (χ1) is 11.3. The Hall–Kier alpha value is -2.90. The number of nitrogens with two attached hydrogens (primary N) is 1. The van der Waals surface area contributed by atoms with Gasteiger partial charge in [-0.2, -0.15) is 0 Å². The van der Waals surface area contributed by atoms with Crippen molar-refractivity contribution in [1.29, 1.82) is 0 Å². The highest BCUT2D eigenvalue weighted by Gasteiger charge is 2.48. The Morgan fingerprint density at radius 2 is 2.12 bits per heavy atom. The van der Waals surface area contributed by atoms with Crippen molar-refractivity contribution in [3.63, 3.8) is 0 Å². The molecule has 1 aromatic carbocycles. The first-order valence-electron chi connectivity index (χ1n) is 7.62. The van der Waals surface area contributed by atoms with E-state index in [0.717, 1.165) is 11.1 Å². The number of fused-ring (bicyclic) bond motifs is 1. The van der Waals surface area contributed by atoms with Crippen LogP contribution in [-0.2, 0) is 22.7 Å². The normalized spacial score (nSPS) is 23.0. The van der Waals surface area contributed by atoms with Gasteiger partial charge in [0.05, 0.1) is 0 Å². The van der Waals surface area contributed by atoms with Crippen molar-refractivity contribution >= 4 is 23.8 Å². The van der Waals surface area contributed by atoms with Crippen LogP contribution in [0, 0.1) is 0 Å². The fourth-order valence-corrected chi connectivity index (χ4v) is 3.12. The molecule has 2 heterocycles. The van der Waals surface area contributed by atoms with E-state index in [0.29, 0.717) is 12.0 Å². The zero-order chi connectivity index (χ0) is 17.5. The number of amides is 5. The summed E-state index contributed by atoms with van der Waals surface area (Å²) in [7, 11) is 0. The summed E-state index contributed by atoms with van der Waals surface area (Å²) in [5.41, 5.74) is 6.14. The second kappa shape index (κ2) is 5.63. The number of urea groups is 1. The van der Waals surface area contributed by atoms with Crippen LogP contribution in [0.5, 0.6) is 0 Å². The summed E-state index contributed by atoms with van der Waals surface area (Å²) in [5.74, 6) is -0.997. The highest BCUT2D eigenvalue weighted by atomic mass is 16.2. The van der Waals surface area contributed by atoms with Crippen LogP contribution in [-0.4, -0.2) is 34.2 Å². The van der Waals surface area contributed by atoms with E-state index in [4.69, 9.17) is 5.73 Å². The van der Waals surface area contributed by atoms with Crippen LogP contribution in [0.4, 0.5) is 4.79 Å². The fourth-order valence-electron chi connectivity index (χ4n) is 3.12. The number of imide groups is 1. The van der Waals surface area contributed by atoms with E-state index in [-0.39, 0.29) is 31.3 Å². The summed E-state index contributed by atoms with van der Waals surface area (Å²) in [5, 5.41) is 4.80. The number of carbonyl (C=O) groups is 4. The summed E-state index contributed by atoms with van der Waals surface area (Å²) in [6.07, 6.45) is 0.504. The third-order valence-corrected chi connectivity index (χ3v) is 4.62. The SMILES string of the molecule is C[C@]1(N2Cc3cc(CNC(N)=O)ccc3C2=O)CCC(=O)NC1=O. The van der Waals surface area contributed by atoms with Crippen LogP contribution >= 0.6 is 0 Å². The second-order valence-corrected chi connectivity index (χ2v) is 6.25. The van der Waals surface area contributed by atoms with Gasteiger partial charge in [0, 0.05) is 25.1 Å². The average Bonchev–Trinajstić information content (AvgIpc) is 2.86. The highest BCUT2D eigenvalue weighted by Crippen LogP contribution is 2.34. The van der Waals surface area contributed by atoms with E-state index in [2.05, 4.69) is 10.6 Å². The molecule has 126 valence electrons. The molecular formula is C16H18N4O4. The van der Waals surface area contributed by atoms with Gasteiger partial charge in [0.1, 0.15) is 5.54 Å². The Balaban J connectivity index is 1.84. The van der Waals surface area contributed by atoms with Crippen molar-refractivity contribution in [2.45, 2.75) is 38.4 Å². The summed E-state index contributed by atoms with van der Waals surface area (Å²) < 4.78 is 0. The van der Waals surface area contributed by atoms with Crippen molar-refractivity contribution in [2.75, 3.05) is 0 Å². The van der Waals surface area contributed by atoms with Crippen LogP contribution in [0.1, 0.15) is 41.3 Å². The maximum absolute atomic E-state index is 12.7. The number of hydrogen-bond acceptors (Lipinski definition) is 4. The number of piperidine rings is 1. The van der Waals surface area contributed by atoms with Crippen molar-refractivity contribution in [3.05, 3.63) is 34.9 Å². The number of primary amides is 1. The van der Waals surface area contributed by atoms with Gasteiger partial charge >= 0.3 is 6.03 Å². The Morgan fingerprint density at radius 1 is 1.38 bits per heavy atom. The van der Waals surface area contributed by atoms with E-state index in [1.165, 1.54) is 4.90 Å². The Labute approximate surface area is 138 Å². The molecule has 2 aliphatic rings. The van der Waals surface area contributed by atoms with E-state index >= 15 is 0 Å². The van der Waals surface area contributed by atoms with Crippen LogP contribution in [0.2, 0.25) is 0 Å². The van der Waals surface area contributed by atoms with Crippen LogP contribution in [0.3, 0.4) is 0 Å². The smallest absolute Gasteiger partial charge is 0.312 e. The maximum atomic E-state index is 12.7. The molecule has 0 unspecified atom stereocenters. The highest BCUT2D eigenvalue weighted by molar-refractivity contribution is 6.07. The van der Waals surface area contributed by atoms with Gasteiger partial charge < -0.3 is 16.0 Å². The van der Waals surface area contributed by atoms with Crippen LogP contribution in [0.15, 0.2) is 18.2 Å². The summed E-state index contributed by atoms with van der Waals surface area (Å²) >= 11 is 0. The monoisotopic (exact) mass is 330 g/mol. The van der Waals surface area contributed by atoms with Gasteiger partial charge in [-0.1, -0.05) is 12.1 Å². The van der Waals surface area contributed by atoms with E-state index in [1.807, 2.05) is 6.07 Å². The van der Waals surface area contributed by atoms with Gasteiger partial charge in [0.15, 0.2) is 0 Å². The minimum absolute atomic E-state index is 0.205. The number of rotatable bonds is 3. The fraction of sp³-hybridized carbons (Fsp3) is 0.375. The largest absolute Gasteiger partial charge is 0.352 e. The molecule has 1 fully saturated rings.